The van der Waals surface area contributed by atoms with Crippen molar-refractivity contribution in [2.75, 3.05) is 44.2 Å². The molecule has 1 fully saturated rings. The number of aromatic nitrogens is 2. The molecule has 0 bridgehead atoms. The Morgan fingerprint density at radius 1 is 1.19 bits per heavy atom. The van der Waals surface area contributed by atoms with Gasteiger partial charge in [-0.05, 0) is 37.6 Å². The third-order valence-electron chi connectivity index (χ3n) is 5.34. The number of ether oxygens (including phenoxy) is 1. The minimum atomic E-state index is 0.215. The second-order valence-electron chi connectivity index (χ2n) is 7.26. The third-order valence-corrected chi connectivity index (χ3v) is 5.34. The van der Waals surface area contributed by atoms with Crippen LogP contribution in [-0.4, -0.2) is 60.3 Å². The molecule has 2 atom stereocenters. The van der Waals surface area contributed by atoms with Crippen LogP contribution in [0, 0.1) is 17.2 Å². The Balaban J connectivity index is 1.75. The third kappa shape index (κ3) is 4.55. The monoisotopic (exact) mass is 367 g/mol. The smallest absolute Gasteiger partial charge is 0.113 e. The summed E-state index contributed by atoms with van der Waals surface area (Å²) in [5.41, 5.74) is 3.09. The van der Waals surface area contributed by atoms with Crippen molar-refractivity contribution in [2.45, 2.75) is 33.3 Å². The van der Waals surface area contributed by atoms with Crippen molar-refractivity contribution in [1.82, 2.24) is 14.9 Å². The molecule has 0 amide bonds. The Hall–Kier alpha value is -2.23. The highest BCUT2D eigenvalue weighted by molar-refractivity contribution is 5.92. The maximum atomic E-state index is 9.35. The summed E-state index contributed by atoms with van der Waals surface area (Å²) >= 11 is 0. The van der Waals surface area contributed by atoms with Crippen LogP contribution in [0.15, 0.2) is 24.5 Å². The van der Waals surface area contributed by atoms with Gasteiger partial charge in [0.2, 0.25) is 0 Å². The lowest BCUT2D eigenvalue weighted by atomic mass is 9.96. The van der Waals surface area contributed by atoms with Crippen LogP contribution < -0.4 is 4.90 Å². The van der Waals surface area contributed by atoms with Gasteiger partial charge in [-0.3, -0.25) is 9.97 Å². The Morgan fingerprint density at radius 3 is 2.63 bits per heavy atom. The molecule has 2 heterocycles. The minimum Gasteiger partial charge on any atom is -0.375 e. The molecule has 0 saturated carbocycles. The zero-order chi connectivity index (χ0) is 19.2. The van der Waals surface area contributed by atoms with Gasteiger partial charge in [0.15, 0.2) is 0 Å². The lowest BCUT2D eigenvalue weighted by Crippen LogP contribution is -2.44. The SMILES string of the molecule is CCN(CC)CCO[C@@H]1C[C@H](C)CN(c2ccc(C#N)c3nccnc23)C1. The van der Waals surface area contributed by atoms with Gasteiger partial charge < -0.3 is 14.5 Å². The standard InChI is InChI=1S/C21H29N5O/c1-4-25(5-2)10-11-27-18-12-16(3)14-26(15-18)19-7-6-17(13-22)20-21(19)24-9-8-23-20/h6-9,16,18H,4-5,10-12,14-15H2,1-3H3/t16-,18+/m0/s1. The van der Waals surface area contributed by atoms with Crippen LogP contribution in [0.5, 0.6) is 0 Å². The molecule has 27 heavy (non-hydrogen) atoms. The molecule has 144 valence electrons. The highest BCUT2D eigenvalue weighted by Gasteiger charge is 2.27. The summed E-state index contributed by atoms with van der Waals surface area (Å²) in [6, 6.07) is 6.07. The molecule has 1 saturated heterocycles. The average Bonchev–Trinajstić information content (AvgIpc) is 2.70. The van der Waals surface area contributed by atoms with Gasteiger partial charge in [0.1, 0.15) is 17.1 Å². The van der Waals surface area contributed by atoms with Crippen molar-refractivity contribution < 1.29 is 4.74 Å². The number of nitriles is 1. The predicted octanol–water partition coefficient (Wildman–Crippen LogP) is 3.07. The first-order valence-corrected chi connectivity index (χ1v) is 9.88. The number of nitrogens with zero attached hydrogens (tertiary/aromatic N) is 5. The molecule has 0 radical (unpaired) electrons. The van der Waals surface area contributed by atoms with Crippen molar-refractivity contribution >= 4 is 16.7 Å². The number of hydrogen-bond acceptors (Lipinski definition) is 6. The predicted molar refractivity (Wildman–Crippen MR) is 108 cm³/mol. The first-order chi connectivity index (χ1) is 13.2. The lowest BCUT2D eigenvalue weighted by molar-refractivity contribution is 0.0211. The molecule has 1 aromatic carbocycles. The zero-order valence-corrected chi connectivity index (χ0v) is 16.6. The zero-order valence-electron chi connectivity index (χ0n) is 16.6. The Bertz CT molecular complexity index is 799. The van der Waals surface area contributed by atoms with E-state index in [1.165, 1.54) is 0 Å². The number of hydrogen-bond donors (Lipinski definition) is 0. The van der Waals surface area contributed by atoms with E-state index in [0.717, 1.165) is 57.0 Å². The average molecular weight is 367 g/mol. The van der Waals surface area contributed by atoms with E-state index in [-0.39, 0.29) is 6.10 Å². The van der Waals surface area contributed by atoms with E-state index in [9.17, 15) is 5.26 Å². The normalized spacial score (nSPS) is 20.2. The van der Waals surface area contributed by atoms with E-state index in [1.54, 1.807) is 12.4 Å². The van der Waals surface area contributed by atoms with E-state index in [2.05, 4.69) is 46.6 Å². The molecule has 6 heteroatoms. The van der Waals surface area contributed by atoms with Crippen molar-refractivity contribution in [3.63, 3.8) is 0 Å². The molecule has 1 aromatic heterocycles. The van der Waals surface area contributed by atoms with Crippen molar-refractivity contribution in [2.24, 2.45) is 5.92 Å². The maximum Gasteiger partial charge on any atom is 0.113 e. The molecular formula is C21H29N5O. The van der Waals surface area contributed by atoms with E-state index >= 15 is 0 Å². The number of likely N-dealkylation sites (N-methyl/N-ethyl adjacent to an activating group) is 1. The molecule has 0 spiro atoms. The van der Waals surface area contributed by atoms with Crippen LogP contribution in [0.25, 0.3) is 11.0 Å². The van der Waals surface area contributed by atoms with Crippen molar-refractivity contribution in [1.29, 1.82) is 5.26 Å². The Labute approximate surface area is 161 Å². The van der Waals surface area contributed by atoms with Crippen LogP contribution in [0.1, 0.15) is 32.8 Å². The van der Waals surface area contributed by atoms with Gasteiger partial charge in [-0.2, -0.15) is 5.26 Å². The number of anilines is 1. The molecule has 1 aliphatic rings. The van der Waals surface area contributed by atoms with Crippen LogP contribution in [0.3, 0.4) is 0 Å². The van der Waals surface area contributed by atoms with Gasteiger partial charge in [0.25, 0.3) is 0 Å². The van der Waals surface area contributed by atoms with E-state index in [4.69, 9.17) is 4.74 Å². The molecule has 1 aliphatic heterocycles. The minimum absolute atomic E-state index is 0.215. The fraction of sp³-hybridized carbons (Fsp3) is 0.571. The number of piperidine rings is 1. The number of benzene rings is 1. The molecule has 0 unspecified atom stereocenters. The van der Waals surface area contributed by atoms with Gasteiger partial charge >= 0.3 is 0 Å². The van der Waals surface area contributed by atoms with E-state index in [0.29, 0.717) is 17.0 Å². The highest BCUT2D eigenvalue weighted by atomic mass is 16.5. The largest absolute Gasteiger partial charge is 0.375 e. The molecule has 0 aliphatic carbocycles. The summed E-state index contributed by atoms with van der Waals surface area (Å²) in [5, 5.41) is 9.35. The topological polar surface area (TPSA) is 65.3 Å². The van der Waals surface area contributed by atoms with E-state index < -0.39 is 0 Å². The first-order valence-electron chi connectivity index (χ1n) is 9.88. The van der Waals surface area contributed by atoms with Gasteiger partial charge in [-0.15, -0.1) is 0 Å². The number of fused-ring (bicyclic) bond motifs is 1. The Kier molecular flexibility index (Phi) is 6.59. The summed E-state index contributed by atoms with van der Waals surface area (Å²) in [7, 11) is 0. The van der Waals surface area contributed by atoms with Gasteiger partial charge in [-0.25, -0.2) is 0 Å². The van der Waals surface area contributed by atoms with Crippen molar-refractivity contribution in [3.8, 4) is 6.07 Å². The summed E-state index contributed by atoms with van der Waals surface area (Å²) in [6.07, 6.45) is 4.63. The summed E-state index contributed by atoms with van der Waals surface area (Å²) in [6.45, 7) is 12.3. The summed E-state index contributed by atoms with van der Waals surface area (Å²) in [5.74, 6) is 0.541. The molecular weight excluding hydrogens is 338 g/mol. The first kappa shape index (κ1) is 19.5. The lowest BCUT2D eigenvalue weighted by Gasteiger charge is -2.38. The van der Waals surface area contributed by atoms with Gasteiger partial charge in [0.05, 0.1) is 24.0 Å². The van der Waals surface area contributed by atoms with E-state index in [1.807, 2.05) is 12.1 Å². The quantitative estimate of drug-likeness (QED) is 0.749. The van der Waals surface area contributed by atoms with Crippen LogP contribution in [0.2, 0.25) is 0 Å². The fourth-order valence-corrected chi connectivity index (χ4v) is 3.89. The number of rotatable bonds is 7. The highest BCUT2D eigenvalue weighted by Crippen LogP contribution is 2.30. The summed E-state index contributed by atoms with van der Waals surface area (Å²) in [4.78, 5) is 13.6. The molecule has 0 N–H and O–H groups in total. The van der Waals surface area contributed by atoms with Crippen LogP contribution in [-0.2, 0) is 4.74 Å². The molecule has 3 rings (SSSR count). The molecule has 2 aromatic rings. The van der Waals surface area contributed by atoms with Crippen LogP contribution >= 0.6 is 0 Å². The maximum absolute atomic E-state index is 9.35. The second-order valence-corrected chi connectivity index (χ2v) is 7.26. The molecule has 6 nitrogen and oxygen atoms in total. The fourth-order valence-electron chi connectivity index (χ4n) is 3.89. The van der Waals surface area contributed by atoms with Crippen LogP contribution in [0.4, 0.5) is 5.69 Å². The summed E-state index contributed by atoms with van der Waals surface area (Å²) < 4.78 is 6.22. The van der Waals surface area contributed by atoms with Crippen molar-refractivity contribution in [3.05, 3.63) is 30.1 Å². The van der Waals surface area contributed by atoms with Gasteiger partial charge in [-0.1, -0.05) is 20.8 Å². The second kappa shape index (κ2) is 9.12. The Morgan fingerprint density at radius 2 is 1.93 bits per heavy atom. The van der Waals surface area contributed by atoms with Gasteiger partial charge in [0, 0.05) is 32.0 Å².